The number of ether oxygens (including phenoxy) is 1. The second kappa shape index (κ2) is 3.80. The lowest BCUT2D eigenvalue weighted by molar-refractivity contribution is 0.401. The Hall–Kier alpha value is -0.540. The van der Waals surface area contributed by atoms with Crippen molar-refractivity contribution in [3.63, 3.8) is 0 Å². The van der Waals surface area contributed by atoms with Crippen LogP contribution in [0.15, 0.2) is 16.6 Å². The van der Waals surface area contributed by atoms with Crippen LogP contribution in [0.1, 0.15) is 30.9 Å². The van der Waals surface area contributed by atoms with E-state index in [1.165, 1.54) is 5.56 Å². The molecule has 1 aliphatic rings. The van der Waals surface area contributed by atoms with Gasteiger partial charge in [0.2, 0.25) is 0 Å². The van der Waals surface area contributed by atoms with E-state index >= 15 is 0 Å². The monoisotopic (exact) mass is 269 g/mol. The summed E-state index contributed by atoms with van der Waals surface area (Å²) in [4.78, 5) is 0. The van der Waals surface area contributed by atoms with E-state index in [0.717, 1.165) is 35.0 Å². The minimum absolute atomic E-state index is 0.140. The molecule has 0 unspecified atom stereocenters. The normalized spacial score (nSPS) is 17.6. The van der Waals surface area contributed by atoms with Crippen molar-refractivity contribution >= 4 is 15.9 Å². The molecule has 0 amide bonds. The Morgan fingerprint density at radius 1 is 1.47 bits per heavy atom. The van der Waals surface area contributed by atoms with E-state index in [-0.39, 0.29) is 5.54 Å². The van der Waals surface area contributed by atoms with Crippen LogP contribution in [0.25, 0.3) is 0 Å². The lowest BCUT2D eigenvalue weighted by atomic mass is 10.0. The van der Waals surface area contributed by atoms with Gasteiger partial charge >= 0.3 is 0 Å². The van der Waals surface area contributed by atoms with Gasteiger partial charge in [-0.15, -0.1) is 0 Å². The van der Waals surface area contributed by atoms with Gasteiger partial charge in [0.1, 0.15) is 5.75 Å². The molecule has 1 aliphatic carbocycles. The highest BCUT2D eigenvalue weighted by Crippen LogP contribution is 2.48. The summed E-state index contributed by atoms with van der Waals surface area (Å²) in [5, 5.41) is 0. The molecule has 2 nitrogen and oxygen atoms in total. The maximum absolute atomic E-state index is 6.24. The molecule has 1 aromatic carbocycles. The first-order valence-electron chi connectivity index (χ1n) is 5.26. The predicted octanol–water partition coefficient (Wildman–Crippen LogP) is 2.97. The minimum Gasteiger partial charge on any atom is -0.495 e. The summed E-state index contributed by atoms with van der Waals surface area (Å²) < 4.78 is 6.43. The fourth-order valence-electron chi connectivity index (χ4n) is 1.83. The number of hydrogen-bond donors (Lipinski definition) is 1. The summed E-state index contributed by atoms with van der Waals surface area (Å²) in [7, 11) is 1.70. The standard InChI is InChI=1S/C12H16BrNO/c1-3-8-6-9(12(14)4-5-12)11(15-2)10(13)7-8/h6-7H,3-5,14H2,1-2H3. The van der Waals surface area contributed by atoms with Crippen molar-refractivity contribution in [2.75, 3.05) is 7.11 Å². The van der Waals surface area contributed by atoms with E-state index in [0.29, 0.717) is 0 Å². The second-order valence-electron chi connectivity index (χ2n) is 4.17. The molecule has 0 aromatic heterocycles. The molecule has 0 heterocycles. The third kappa shape index (κ3) is 1.91. The quantitative estimate of drug-likeness (QED) is 0.916. The molecule has 15 heavy (non-hydrogen) atoms. The number of aryl methyl sites for hydroxylation is 1. The predicted molar refractivity (Wildman–Crippen MR) is 65.2 cm³/mol. The number of methoxy groups -OCH3 is 1. The van der Waals surface area contributed by atoms with Crippen LogP contribution in [0.5, 0.6) is 5.75 Å². The molecule has 1 fully saturated rings. The topological polar surface area (TPSA) is 35.2 Å². The molecule has 2 rings (SSSR count). The number of nitrogens with two attached hydrogens (primary N) is 1. The Kier molecular flexibility index (Phi) is 2.77. The van der Waals surface area contributed by atoms with Crippen LogP contribution in [-0.4, -0.2) is 7.11 Å². The third-order valence-corrected chi connectivity index (χ3v) is 3.63. The molecule has 0 spiro atoms. The number of benzene rings is 1. The maximum Gasteiger partial charge on any atom is 0.138 e. The van der Waals surface area contributed by atoms with E-state index in [1.807, 2.05) is 0 Å². The van der Waals surface area contributed by atoms with Crippen molar-refractivity contribution in [3.8, 4) is 5.75 Å². The zero-order valence-corrected chi connectivity index (χ0v) is 10.7. The smallest absolute Gasteiger partial charge is 0.138 e. The second-order valence-corrected chi connectivity index (χ2v) is 5.02. The third-order valence-electron chi connectivity index (χ3n) is 3.04. The van der Waals surface area contributed by atoms with Gasteiger partial charge in [-0.1, -0.05) is 13.0 Å². The first-order chi connectivity index (χ1) is 7.10. The maximum atomic E-state index is 6.24. The van der Waals surface area contributed by atoms with Gasteiger partial charge in [0.15, 0.2) is 0 Å². The Balaban J connectivity index is 2.53. The first kappa shape index (κ1) is 11.0. The van der Waals surface area contributed by atoms with Gasteiger partial charge in [-0.25, -0.2) is 0 Å². The van der Waals surface area contributed by atoms with Gasteiger partial charge < -0.3 is 10.5 Å². The molecular formula is C12H16BrNO. The van der Waals surface area contributed by atoms with E-state index < -0.39 is 0 Å². The molecular weight excluding hydrogens is 254 g/mol. The van der Waals surface area contributed by atoms with E-state index in [4.69, 9.17) is 10.5 Å². The summed E-state index contributed by atoms with van der Waals surface area (Å²) >= 11 is 3.54. The van der Waals surface area contributed by atoms with Gasteiger partial charge in [0.05, 0.1) is 11.6 Å². The minimum atomic E-state index is -0.140. The highest BCUT2D eigenvalue weighted by atomic mass is 79.9. The van der Waals surface area contributed by atoms with Crippen LogP contribution in [0.2, 0.25) is 0 Å². The van der Waals surface area contributed by atoms with Gasteiger partial charge in [-0.2, -0.15) is 0 Å². The largest absolute Gasteiger partial charge is 0.495 e. The summed E-state index contributed by atoms with van der Waals surface area (Å²) in [6, 6.07) is 4.28. The van der Waals surface area contributed by atoms with Crippen molar-refractivity contribution < 1.29 is 4.74 Å². The molecule has 3 heteroatoms. The van der Waals surface area contributed by atoms with Crippen molar-refractivity contribution in [1.82, 2.24) is 0 Å². The molecule has 1 saturated carbocycles. The molecule has 0 aliphatic heterocycles. The molecule has 0 saturated heterocycles. The first-order valence-corrected chi connectivity index (χ1v) is 6.06. The highest BCUT2D eigenvalue weighted by Gasteiger charge is 2.42. The molecule has 2 N–H and O–H groups in total. The lowest BCUT2D eigenvalue weighted by Crippen LogP contribution is -2.20. The summed E-state index contributed by atoms with van der Waals surface area (Å²) in [6.07, 6.45) is 3.14. The summed E-state index contributed by atoms with van der Waals surface area (Å²) in [5.41, 5.74) is 8.55. The van der Waals surface area contributed by atoms with Crippen molar-refractivity contribution in [2.24, 2.45) is 5.73 Å². The number of halogens is 1. The SMILES string of the molecule is CCc1cc(Br)c(OC)c(C2(N)CC2)c1. The fraction of sp³-hybridized carbons (Fsp3) is 0.500. The Labute approximate surface area is 98.9 Å². The van der Waals surface area contributed by atoms with Crippen LogP contribution >= 0.6 is 15.9 Å². The van der Waals surface area contributed by atoms with E-state index in [1.54, 1.807) is 7.11 Å². The molecule has 0 bridgehead atoms. The van der Waals surface area contributed by atoms with Crippen LogP contribution in [0.3, 0.4) is 0 Å². The van der Waals surface area contributed by atoms with Crippen LogP contribution < -0.4 is 10.5 Å². The van der Waals surface area contributed by atoms with E-state index in [9.17, 15) is 0 Å². The van der Waals surface area contributed by atoms with Crippen molar-refractivity contribution in [2.45, 2.75) is 31.7 Å². The van der Waals surface area contributed by atoms with Gasteiger partial charge in [-0.3, -0.25) is 0 Å². The highest BCUT2D eigenvalue weighted by molar-refractivity contribution is 9.10. The van der Waals surface area contributed by atoms with Crippen LogP contribution in [-0.2, 0) is 12.0 Å². The summed E-state index contributed by atoms with van der Waals surface area (Å²) in [6.45, 7) is 2.15. The molecule has 0 radical (unpaired) electrons. The number of rotatable bonds is 3. The fourth-order valence-corrected chi connectivity index (χ4v) is 2.50. The van der Waals surface area contributed by atoms with Gasteiger partial charge in [0.25, 0.3) is 0 Å². The molecule has 0 atom stereocenters. The lowest BCUT2D eigenvalue weighted by Gasteiger charge is -2.17. The number of hydrogen-bond acceptors (Lipinski definition) is 2. The van der Waals surface area contributed by atoms with Crippen molar-refractivity contribution in [1.29, 1.82) is 0 Å². The van der Waals surface area contributed by atoms with Crippen LogP contribution in [0.4, 0.5) is 0 Å². The van der Waals surface area contributed by atoms with Crippen molar-refractivity contribution in [3.05, 3.63) is 27.7 Å². The molecule has 1 aromatic rings. The Morgan fingerprint density at radius 3 is 2.60 bits per heavy atom. The average molecular weight is 270 g/mol. The summed E-state index contributed by atoms with van der Waals surface area (Å²) in [5.74, 6) is 0.896. The average Bonchev–Trinajstić information content (AvgIpc) is 2.96. The zero-order chi connectivity index (χ0) is 11.1. The van der Waals surface area contributed by atoms with Crippen LogP contribution in [0, 0.1) is 0 Å². The Morgan fingerprint density at radius 2 is 2.13 bits per heavy atom. The molecule has 82 valence electrons. The zero-order valence-electron chi connectivity index (χ0n) is 9.14. The van der Waals surface area contributed by atoms with E-state index in [2.05, 4.69) is 35.0 Å². The van der Waals surface area contributed by atoms with Gasteiger partial charge in [0, 0.05) is 11.1 Å². The Bertz CT molecular complexity index is 385. The van der Waals surface area contributed by atoms with Gasteiger partial charge in [-0.05, 0) is 46.8 Å².